The average molecular weight is 398 g/mol. The zero-order valence-corrected chi connectivity index (χ0v) is 16.6. The summed E-state index contributed by atoms with van der Waals surface area (Å²) >= 11 is 5.36. The van der Waals surface area contributed by atoms with Crippen LogP contribution < -0.4 is 0 Å². The molecule has 0 saturated heterocycles. The van der Waals surface area contributed by atoms with Crippen molar-refractivity contribution in [1.29, 1.82) is 0 Å². The van der Waals surface area contributed by atoms with Crippen molar-refractivity contribution in [2.75, 3.05) is 0 Å². The number of pyridine rings is 1. The van der Waals surface area contributed by atoms with E-state index in [1.807, 2.05) is 18.3 Å². The van der Waals surface area contributed by atoms with E-state index in [2.05, 4.69) is 74.2 Å². The number of benzene rings is 2. The third-order valence-electron chi connectivity index (χ3n) is 5.02. The maximum atomic E-state index is 5.36. The van der Waals surface area contributed by atoms with Crippen molar-refractivity contribution >= 4 is 40.2 Å². The number of fused-ring (bicyclic) bond motifs is 3. The smallest absolute Gasteiger partial charge is 0.216 e. The highest BCUT2D eigenvalue weighted by Crippen LogP contribution is 2.29. The van der Waals surface area contributed by atoms with Crippen molar-refractivity contribution in [3.63, 3.8) is 0 Å². The van der Waals surface area contributed by atoms with Crippen LogP contribution in [-0.2, 0) is 6.54 Å². The molecule has 3 aromatic heterocycles. The molecule has 29 heavy (non-hydrogen) atoms. The van der Waals surface area contributed by atoms with E-state index in [-0.39, 0.29) is 0 Å². The summed E-state index contributed by atoms with van der Waals surface area (Å²) in [4.78, 5) is 4.05. The van der Waals surface area contributed by atoms with Gasteiger partial charge in [-0.15, -0.1) is 0 Å². The lowest BCUT2D eigenvalue weighted by Gasteiger charge is -2.03. The minimum Gasteiger partial charge on any atom is -0.341 e. The Morgan fingerprint density at radius 2 is 1.83 bits per heavy atom. The SMILES string of the molecule is CCn1c2ccccc2c2cc(/C=N/n3c(-c4ccncc4)n[nH]c3=S)ccc21. The van der Waals surface area contributed by atoms with Crippen LogP contribution in [-0.4, -0.2) is 30.6 Å². The van der Waals surface area contributed by atoms with Crippen LogP contribution in [0.1, 0.15) is 12.5 Å². The summed E-state index contributed by atoms with van der Waals surface area (Å²) in [6, 6.07) is 18.6. The Morgan fingerprint density at radius 1 is 1.03 bits per heavy atom. The van der Waals surface area contributed by atoms with Crippen LogP contribution in [0.25, 0.3) is 33.2 Å². The van der Waals surface area contributed by atoms with E-state index in [9.17, 15) is 0 Å². The second-order valence-electron chi connectivity index (χ2n) is 6.68. The molecule has 5 aromatic rings. The molecule has 5 rings (SSSR count). The Kier molecular flexibility index (Phi) is 4.29. The number of hydrogen-bond donors (Lipinski definition) is 1. The number of hydrogen-bond acceptors (Lipinski definition) is 4. The number of aryl methyl sites for hydroxylation is 1. The molecule has 0 fully saturated rings. The van der Waals surface area contributed by atoms with Gasteiger partial charge in [-0.2, -0.15) is 14.9 Å². The van der Waals surface area contributed by atoms with Crippen LogP contribution in [0.15, 0.2) is 72.1 Å². The van der Waals surface area contributed by atoms with Crippen molar-refractivity contribution in [2.45, 2.75) is 13.5 Å². The second-order valence-corrected chi connectivity index (χ2v) is 7.07. The number of nitrogens with zero attached hydrogens (tertiary/aromatic N) is 5. The van der Waals surface area contributed by atoms with Gasteiger partial charge in [-0.05, 0) is 55.0 Å². The summed E-state index contributed by atoms with van der Waals surface area (Å²) in [5.41, 5.74) is 4.37. The number of aromatic nitrogens is 5. The molecule has 1 N–H and O–H groups in total. The fraction of sp³-hybridized carbons (Fsp3) is 0.0909. The molecule has 7 heteroatoms. The van der Waals surface area contributed by atoms with Crippen LogP contribution in [0.4, 0.5) is 0 Å². The lowest BCUT2D eigenvalue weighted by atomic mass is 10.1. The molecule has 0 saturated carbocycles. The van der Waals surface area contributed by atoms with Crippen LogP contribution in [0.3, 0.4) is 0 Å². The maximum absolute atomic E-state index is 5.36. The van der Waals surface area contributed by atoms with E-state index >= 15 is 0 Å². The minimum atomic E-state index is 0.441. The van der Waals surface area contributed by atoms with Gasteiger partial charge in [0.05, 0.1) is 6.21 Å². The monoisotopic (exact) mass is 398 g/mol. The number of H-pyrrole nitrogens is 1. The lowest BCUT2D eigenvalue weighted by molar-refractivity contribution is 0.827. The first-order valence-corrected chi connectivity index (χ1v) is 9.80. The molecular weight excluding hydrogens is 380 g/mol. The number of nitrogens with one attached hydrogen (secondary N) is 1. The van der Waals surface area contributed by atoms with Crippen molar-refractivity contribution in [3.8, 4) is 11.4 Å². The molecule has 0 atom stereocenters. The first-order chi connectivity index (χ1) is 14.3. The summed E-state index contributed by atoms with van der Waals surface area (Å²) in [5, 5.41) is 14.2. The quantitative estimate of drug-likeness (QED) is 0.342. The average Bonchev–Trinajstić information content (AvgIpc) is 3.30. The highest BCUT2D eigenvalue weighted by Gasteiger charge is 2.10. The summed E-state index contributed by atoms with van der Waals surface area (Å²) in [6.07, 6.45) is 5.25. The molecule has 6 nitrogen and oxygen atoms in total. The Morgan fingerprint density at radius 3 is 2.66 bits per heavy atom. The number of para-hydroxylation sites is 1. The highest BCUT2D eigenvalue weighted by atomic mass is 32.1. The molecule has 142 valence electrons. The Labute approximate surface area is 172 Å². The van der Waals surface area contributed by atoms with Gasteiger partial charge in [-0.1, -0.05) is 24.3 Å². The molecule has 0 unspecified atom stereocenters. The summed E-state index contributed by atoms with van der Waals surface area (Å²) in [7, 11) is 0. The molecule has 3 heterocycles. The van der Waals surface area contributed by atoms with Crippen LogP contribution in [0.2, 0.25) is 0 Å². The van der Waals surface area contributed by atoms with E-state index in [1.54, 1.807) is 17.1 Å². The second kappa shape index (κ2) is 7.10. The van der Waals surface area contributed by atoms with Crippen molar-refractivity contribution in [2.24, 2.45) is 5.10 Å². The van der Waals surface area contributed by atoms with Gasteiger partial charge < -0.3 is 4.57 Å². The Hall–Kier alpha value is -3.58. The normalized spacial score (nSPS) is 11.8. The third-order valence-corrected chi connectivity index (χ3v) is 5.29. The lowest BCUT2D eigenvalue weighted by Crippen LogP contribution is -1.95. The van der Waals surface area contributed by atoms with Gasteiger partial charge in [0, 0.05) is 46.3 Å². The minimum absolute atomic E-state index is 0.441. The molecular formula is C22H18N6S. The summed E-state index contributed by atoms with van der Waals surface area (Å²) < 4.78 is 4.40. The van der Waals surface area contributed by atoms with Crippen LogP contribution in [0.5, 0.6) is 0 Å². The molecule has 2 aromatic carbocycles. The van der Waals surface area contributed by atoms with E-state index in [1.165, 1.54) is 21.8 Å². The van der Waals surface area contributed by atoms with E-state index in [0.29, 0.717) is 10.6 Å². The van der Waals surface area contributed by atoms with Gasteiger partial charge in [0.1, 0.15) is 0 Å². The van der Waals surface area contributed by atoms with Gasteiger partial charge in [0.2, 0.25) is 4.77 Å². The standard InChI is InChI=1S/C22H18N6S/c1-2-27-19-6-4-3-5-17(19)18-13-15(7-8-20(18)27)14-24-28-21(25-26-22(28)29)16-9-11-23-12-10-16/h3-14H,2H2,1H3,(H,26,29)/b24-14+. The molecule has 0 radical (unpaired) electrons. The van der Waals surface area contributed by atoms with E-state index in [4.69, 9.17) is 12.2 Å². The largest absolute Gasteiger partial charge is 0.341 e. The molecule has 0 aliphatic rings. The van der Waals surface area contributed by atoms with Gasteiger partial charge in [0.25, 0.3) is 0 Å². The van der Waals surface area contributed by atoms with Gasteiger partial charge in [0.15, 0.2) is 5.82 Å². The zero-order chi connectivity index (χ0) is 19.8. The fourth-order valence-electron chi connectivity index (χ4n) is 3.70. The summed E-state index contributed by atoms with van der Waals surface area (Å²) in [6.45, 7) is 3.10. The first kappa shape index (κ1) is 17.5. The zero-order valence-electron chi connectivity index (χ0n) is 15.8. The predicted octanol–water partition coefficient (Wildman–Crippen LogP) is 5.01. The molecule has 0 aliphatic heterocycles. The first-order valence-electron chi connectivity index (χ1n) is 9.39. The molecule has 0 bridgehead atoms. The topological polar surface area (TPSA) is 63.8 Å². The highest BCUT2D eigenvalue weighted by molar-refractivity contribution is 7.71. The summed E-state index contributed by atoms with van der Waals surface area (Å²) in [5.74, 6) is 0.650. The molecule has 0 amide bonds. The van der Waals surface area contributed by atoms with E-state index < -0.39 is 0 Å². The molecule has 0 spiro atoms. The Balaban J connectivity index is 1.60. The fourth-order valence-corrected chi connectivity index (χ4v) is 3.88. The maximum Gasteiger partial charge on any atom is 0.216 e. The van der Waals surface area contributed by atoms with Crippen molar-refractivity contribution < 1.29 is 0 Å². The van der Waals surface area contributed by atoms with Crippen LogP contribution in [0, 0.1) is 4.77 Å². The van der Waals surface area contributed by atoms with Gasteiger partial charge >= 0.3 is 0 Å². The van der Waals surface area contributed by atoms with Gasteiger partial charge in [-0.3, -0.25) is 4.98 Å². The number of rotatable bonds is 4. The molecule has 0 aliphatic carbocycles. The predicted molar refractivity (Wildman–Crippen MR) is 119 cm³/mol. The van der Waals surface area contributed by atoms with Crippen LogP contribution >= 0.6 is 12.2 Å². The third kappa shape index (κ3) is 2.96. The number of aromatic amines is 1. The van der Waals surface area contributed by atoms with E-state index in [0.717, 1.165) is 17.7 Å². The van der Waals surface area contributed by atoms with Crippen molar-refractivity contribution in [3.05, 3.63) is 77.3 Å². The van der Waals surface area contributed by atoms with Crippen molar-refractivity contribution in [1.82, 2.24) is 24.4 Å². The van der Waals surface area contributed by atoms with Gasteiger partial charge in [-0.25, -0.2) is 5.10 Å². The Bertz CT molecular complexity index is 1410.